The summed E-state index contributed by atoms with van der Waals surface area (Å²) in [6.45, 7) is 2.89. The minimum atomic E-state index is 0. The average Bonchev–Trinajstić information content (AvgIpc) is 1.39. The van der Waals surface area contributed by atoms with Gasteiger partial charge in [-0.15, -0.1) is 0 Å². The fraction of sp³-hybridized carbons (Fsp3) is 0.500. The molecule has 0 aliphatic heterocycles. The van der Waals surface area contributed by atoms with Crippen molar-refractivity contribution in [2.75, 3.05) is 0 Å². The predicted molar refractivity (Wildman–Crippen MR) is 23.5 cm³/mol. The Morgan fingerprint density at radius 1 is 1.00 bits per heavy atom. The van der Waals surface area contributed by atoms with Gasteiger partial charge in [-0.05, 0) is 13.8 Å². The first kappa shape index (κ1) is 15.7. The Morgan fingerprint density at radius 2 is 1.00 bits per heavy atom. The monoisotopic (exact) mass is 290 g/mol. The average molecular weight is 289 g/mol. The minimum absolute atomic E-state index is 0. The number of hydrogen-bond donors (Lipinski definition) is 0. The molecule has 0 aromatic carbocycles. The maximum atomic E-state index is 8.81. The molecule has 0 aliphatic carbocycles. The largest absolute Gasteiger partial charge is 2.00 e. The number of carbonyl (C=O) groups excluding carboxylic acids is 2. The maximum Gasteiger partial charge on any atom is 2.00 e. The Morgan fingerprint density at radius 3 is 1.00 bits per heavy atom. The fourth-order valence-corrected chi connectivity index (χ4v) is 0. The number of carbonyl (C=O) groups is 2. The van der Waals surface area contributed by atoms with E-state index in [-0.39, 0.29) is 27.7 Å². The number of rotatable bonds is 0. The molecule has 36 valence electrons. The molecule has 0 unspecified atom stereocenters. The van der Waals surface area contributed by atoms with Crippen molar-refractivity contribution in [2.45, 2.75) is 13.8 Å². The van der Waals surface area contributed by atoms with Gasteiger partial charge in [-0.3, -0.25) is 0 Å². The molecule has 0 aromatic rings. The number of aldehydes is 2. The van der Waals surface area contributed by atoms with E-state index in [4.69, 9.17) is 9.59 Å². The van der Waals surface area contributed by atoms with E-state index in [0.717, 1.165) is 12.6 Å². The van der Waals surface area contributed by atoms with E-state index >= 15 is 0 Å². The van der Waals surface area contributed by atoms with Crippen LogP contribution >= 0.6 is 0 Å². The minimum Gasteiger partial charge on any atom is -0.304 e. The van der Waals surface area contributed by atoms with Crippen molar-refractivity contribution in [1.82, 2.24) is 0 Å². The predicted octanol–water partition coefficient (Wildman–Crippen LogP) is 0.408. The molecule has 0 aromatic heterocycles. The molecule has 0 saturated heterocycles. The summed E-state index contributed by atoms with van der Waals surface area (Å²) in [6, 6.07) is 0. The van der Waals surface area contributed by atoms with Crippen LogP contribution in [0.25, 0.3) is 0 Å². The van der Waals surface area contributed by atoms with E-state index in [1.807, 2.05) is 0 Å². The standard InChI is InChI=1S/2C2H4O.Hg/c2*1-2-3;/h2*2H,1H3;/q;;+2. The molecule has 0 N–H and O–H groups in total. The molecule has 0 rings (SSSR count). The molecule has 0 fully saturated rings. The third-order valence-electron chi connectivity index (χ3n) is 0. The molecular weight excluding hydrogens is 281 g/mol. The van der Waals surface area contributed by atoms with Gasteiger partial charge in [0.2, 0.25) is 0 Å². The normalized spacial score (nSPS) is 3.71. The molecule has 3 heteroatoms. The summed E-state index contributed by atoms with van der Waals surface area (Å²) in [5.74, 6) is 0. The second-order valence-corrected chi connectivity index (χ2v) is 0.471. The molecule has 0 heterocycles. The van der Waals surface area contributed by atoms with Gasteiger partial charge in [0.05, 0.1) is 0 Å². The van der Waals surface area contributed by atoms with Crippen LogP contribution in [-0.2, 0) is 37.3 Å². The van der Waals surface area contributed by atoms with Gasteiger partial charge in [-0.1, -0.05) is 0 Å². The van der Waals surface area contributed by atoms with E-state index in [9.17, 15) is 0 Å². The van der Waals surface area contributed by atoms with Crippen LogP contribution in [-0.4, -0.2) is 12.6 Å². The topological polar surface area (TPSA) is 34.1 Å². The van der Waals surface area contributed by atoms with Crippen LogP contribution in [0.3, 0.4) is 0 Å². The Kier molecular flexibility index (Phi) is 75.5. The van der Waals surface area contributed by atoms with Crippen LogP contribution in [0.5, 0.6) is 0 Å². The van der Waals surface area contributed by atoms with E-state index in [1.54, 1.807) is 0 Å². The van der Waals surface area contributed by atoms with E-state index in [1.165, 1.54) is 13.8 Å². The number of hydrogen-bond acceptors (Lipinski definition) is 2. The molecule has 0 aliphatic rings. The summed E-state index contributed by atoms with van der Waals surface area (Å²) in [4.78, 5) is 17.6. The summed E-state index contributed by atoms with van der Waals surface area (Å²) in [6.07, 6.45) is 1.50. The van der Waals surface area contributed by atoms with Gasteiger partial charge in [0, 0.05) is 0 Å². The van der Waals surface area contributed by atoms with Crippen LogP contribution in [0.4, 0.5) is 0 Å². The molecule has 0 saturated carbocycles. The van der Waals surface area contributed by atoms with Gasteiger partial charge in [-0.25, -0.2) is 0 Å². The van der Waals surface area contributed by atoms with Gasteiger partial charge in [0.1, 0.15) is 12.6 Å². The van der Waals surface area contributed by atoms with Crippen molar-refractivity contribution >= 4 is 12.6 Å². The van der Waals surface area contributed by atoms with Crippen molar-refractivity contribution in [3.8, 4) is 0 Å². The summed E-state index contributed by atoms with van der Waals surface area (Å²) >= 11 is 0. The summed E-state index contributed by atoms with van der Waals surface area (Å²) in [5.41, 5.74) is 0. The molecular formula is C4H8HgO2+2. The fourth-order valence-electron chi connectivity index (χ4n) is 0. The maximum absolute atomic E-state index is 8.81. The van der Waals surface area contributed by atoms with E-state index in [0.29, 0.717) is 0 Å². The van der Waals surface area contributed by atoms with Crippen LogP contribution in [0.15, 0.2) is 0 Å². The Bertz CT molecular complexity index is 30.7. The zero-order valence-corrected chi connectivity index (χ0v) is 10.2. The molecule has 2 nitrogen and oxygen atoms in total. The summed E-state index contributed by atoms with van der Waals surface area (Å²) < 4.78 is 0. The zero-order valence-electron chi connectivity index (χ0n) is 4.68. The van der Waals surface area contributed by atoms with E-state index in [2.05, 4.69) is 0 Å². The van der Waals surface area contributed by atoms with Gasteiger partial charge >= 0.3 is 27.7 Å². The van der Waals surface area contributed by atoms with Gasteiger partial charge in [0.25, 0.3) is 0 Å². The van der Waals surface area contributed by atoms with Crippen LogP contribution in [0, 0.1) is 0 Å². The second kappa shape index (κ2) is 33.7. The second-order valence-electron chi connectivity index (χ2n) is 0.471. The molecule has 0 amide bonds. The molecule has 0 radical (unpaired) electrons. The van der Waals surface area contributed by atoms with Crippen LogP contribution in [0.1, 0.15) is 13.8 Å². The first-order valence-electron chi connectivity index (χ1n) is 1.63. The zero-order chi connectivity index (χ0) is 5.41. The van der Waals surface area contributed by atoms with Crippen molar-refractivity contribution in [3.63, 3.8) is 0 Å². The summed E-state index contributed by atoms with van der Waals surface area (Å²) in [7, 11) is 0. The van der Waals surface area contributed by atoms with Gasteiger partial charge in [0.15, 0.2) is 0 Å². The van der Waals surface area contributed by atoms with Gasteiger partial charge < -0.3 is 9.59 Å². The third-order valence-corrected chi connectivity index (χ3v) is 0. The molecule has 0 spiro atoms. The Hall–Kier alpha value is 0.275. The molecule has 0 bridgehead atoms. The van der Waals surface area contributed by atoms with Crippen molar-refractivity contribution < 1.29 is 37.3 Å². The molecule has 0 atom stereocenters. The van der Waals surface area contributed by atoms with E-state index < -0.39 is 0 Å². The van der Waals surface area contributed by atoms with Crippen LogP contribution in [0.2, 0.25) is 0 Å². The Balaban J connectivity index is -0.0000000400. The van der Waals surface area contributed by atoms with Crippen LogP contribution < -0.4 is 0 Å². The third kappa shape index (κ3) is 1520. The Labute approximate surface area is 63.8 Å². The van der Waals surface area contributed by atoms with Crippen molar-refractivity contribution in [3.05, 3.63) is 0 Å². The smallest absolute Gasteiger partial charge is 0.304 e. The first-order valence-corrected chi connectivity index (χ1v) is 1.63. The van der Waals surface area contributed by atoms with Gasteiger partial charge in [-0.2, -0.15) is 0 Å². The molecule has 7 heavy (non-hydrogen) atoms. The SMILES string of the molecule is CC=O.CC=O.[Hg+2]. The summed E-state index contributed by atoms with van der Waals surface area (Å²) in [5, 5.41) is 0. The quantitative estimate of drug-likeness (QED) is 0.478. The van der Waals surface area contributed by atoms with Crippen molar-refractivity contribution in [2.24, 2.45) is 0 Å². The first-order chi connectivity index (χ1) is 2.83. The van der Waals surface area contributed by atoms with Crippen molar-refractivity contribution in [1.29, 1.82) is 0 Å².